The van der Waals surface area contributed by atoms with Gasteiger partial charge >= 0.3 is 0 Å². The van der Waals surface area contributed by atoms with Crippen LogP contribution in [0.4, 0.5) is 0 Å². The summed E-state index contributed by atoms with van der Waals surface area (Å²) in [5.74, 6) is 0.671. The van der Waals surface area contributed by atoms with Crippen molar-refractivity contribution in [3.8, 4) is 22.3 Å². The van der Waals surface area contributed by atoms with Crippen molar-refractivity contribution in [3.63, 3.8) is 0 Å². The van der Waals surface area contributed by atoms with E-state index in [4.69, 9.17) is 14.4 Å². The van der Waals surface area contributed by atoms with Gasteiger partial charge in [-0.3, -0.25) is 0 Å². The minimum absolute atomic E-state index is 0.671. The molecule has 0 unspecified atom stereocenters. The third-order valence-corrected chi connectivity index (χ3v) is 10.4. The summed E-state index contributed by atoms with van der Waals surface area (Å²) in [5.41, 5.74) is 12.5. The van der Waals surface area contributed by atoms with Crippen LogP contribution in [0, 0.1) is 0 Å². The fourth-order valence-electron chi connectivity index (χ4n) is 7.77. The van der Waals surface area contributed by atoms with Crippen molar-refractivity contribution in [2.75, 3.05) is 0 Å². The van der Waals surface area contributed by atoms with Crippen LogP contribution in [0.25, 0.3) is 71.4 Å². The Morgan fingerprint density at radius 3 is 1.85 bits per heavy atom. The third kappa shape index (κ3) is 5.55. The molecule has 1 aliphatic rings. The first-order chi connectivity index (χ1) is 26.2. The maximum Gasteiger partial charge on any atom is 0.160 e. The van der Waals surface area contributed by atoms with Crippen LogP contribution >= 0.6 is 0 Å². The molecule has 0 radical (unpaired) electrons. The van der Waals surface area contributed by atoms with Crippen LogP contribution in [-0.4, -0.2) is 11.5 Å². The van der Waals surface area contributed by atoms with Crippen LogP contribution < -0.4 is 0 Å². The lowest BCUT2D eigenvalue weighted by Crippen LogP contribution is -2.05. The predicted octanol–water partition coefficient (Wildman–Crippen LogP) is 13.3. The topological polar surface area (TPSA) is 37.9 Å². The summed E-state index contributed by atoms with van der Waals surface area (Å²) in [5, 5.41) is 6.91. The molecule has 0 saturated heterocycles. The van der Waals surface area contributed by atoms with Gasteiger partial charge in [-0.05, 0) is 86.6 Å². The summed E-state index contributed by atoms with van der Waals surface area (Å²) < 4.78 is 6.83. The number of aliphatic imine (C=N–C) groups is 2. The molecule has 0 N–H and O–H groups in total. The molecule has 1 aromatic heterocycles. The van der Waals surface area contributed by atoms with Crippen LogP contribution in [0.15, 0.2) is 196 Å². The molecule has 0 fully saturated rings. The van der Waals surface area contributed by atoms with Crippen LogP contribution in [-0.2, 0) is 0 Å². The molecule has 0 spiro atoms. The first-order valence-corrected chi connectivity index (χ1v) is 18.1. The molecule has 2 heterocycles. The summed E-state index contributed by atoms with van der Waals surface area (Å²) in [6.07, 6.45) is 0.689. The van der Waals surface area contributed by atoms with Gasteiger partial charge in [0.2, 0.25) is 0 Å². The van der Waals surface area contributed by atoms with Crippen LogP contribution in [0.2, 0.25) is 0 Å². The van der Waals surface area contributed by atoms with Crippen molar-refractivity contribution in [2.24, 2.45) is 9.98 Å². The van der Waals surface area contributed by atoms with E-state index in [1.807, 2.05) is 6.07 Å². The monoisotopic (exact) mass is 678 g/mol. The quantitative estimate of drug-likeness (QED) is 0.179. The van der Waals surface area contributed by atoms with E-state index in [0.29, 0.717) is 12.3 Å². The number of nitrogens with zero attached hydrogens (tertiary/aromatic N) is 2. The molecular weight excluding hydrogens is 645 g/mol. The number of amidine groups is 1. The van der Waals surface area contributed by atoms with Crippen molar-refractivity contribution in [3.05, 3.63) is 198 Å². The SMILES string of the molecule is CC1=C(c2ccc3ccc(-c4ccccc4)cc3c2)N=C(c2ccc3c(c2)oc2c(-c4ccccc4)c4ccccc4cc23)N=C(c2ccccc2)C1. The molecule has 8 aromatic carbocycles. The smallest absolute Gasteiger partial charge is 0.160 e. The van der Waals surface area contributed by atoms with Gasteiger partial charge in [-0.1, -0.05) is 146 Å². The summed E-state index contributed by atoms with van der Waals surface area (Å²) in [4.78, 5) is 10.7. The molecule has 3 heteroatoms. The molecule has 0 atom stereocenters. The fourth-order valence-corrected chi connectivity index (χ4v) is 7.77. The Bertz CT molecular complexity index is 2950. The largest absolute Gasteiger partial charge is 0.455 e. The van der Waals surface area contributed by atoms with Crippen molar-refractivity contribution >= 4 is 60.7 Å². The second kappa shape index (κ2) is 12.7. The lowest BCUT2D eigenvalue weighted by atomic mass is 9.95. The van der Waals surface area contributed by atoms with Crippen molar-refractivity contribution in [1.29, 1.82) is 0 Å². The van der Waals surface area contributed by atoms with Crippen molar-refractivity contribution < 1.29 is 4.42 Å². The summed E-state index contributed by atoms with van der Waals surface area (Å²) in [6.45, 7) is 2.18. The highest BCUT2D eigenvalue weighted by Crippen LogP contribution is 2.41. The molecule has 53 heavy (non-hydrogen) atoms. The van der Waals surface area contributed by atoms with Gasteiger partial charge in [-0.25, -0.2) is 9.98 Å². The summed E-state index contributed by atoms with van der Waals surface area (Å²) in [7, 11) is 0. The van der Waals surface area contributed by atoms with Gasteiger partial charge in [0.05, 0.1) is 11.4 Å². The molecule has 3 nitrogen and oxygen atoms in total. The number of rotatable bonds is 5. The van der Waals surface area contributed by atoms with Gasteiger partial charge in [0, 0.05) is 33.9 Å². The van der Waals surface area contributed by atoms with E-state index in [1.54, 1.807) is 0 Å². The van der Waals surface area contributed by atoms with Crippen molar-refractivity contribution in [2.45, 2.75) is 13.3 Å². The second-order valence-corrected chi connectivity index (χ2v) is 13.8. The van der Waals surface area contributed by atoms with Gasteiger partial charge in [-0.2, -0.15) is 0 Å². The molecule has 0 bridgehead atoms. The van der Waals surface area contributed by atoms with Gasteiger partial charge in [0.25, 0.3) is 0 Å². The number of fused-ring (bicyclic) bond motifs is 5. The van der Waals surface area contributed by atoms with Gasteiger partial charge < -0.3 is 4.42 Å². The fraction of sp³-hybridized carbons (Fsp3) is 0.0400. The Labute approximate surface area is 307 Å². The number of hydrogen-bond acceptors (Lipinski definition) is 3. The first kappa shape index (κ1) is 30.9. The van der Waals surface area contributed by atoms with Crippen LogP contribution in [0.3, 0.4) is 0 Å². The Kier molecular flexibility index (Phi) is 7.43. The lowest BCUT2D eigenvalue weighted by molar-refractivity contribution is 0.670. The van der Waals surface area contributed by atoms with E-state index < -0.39 is 0 Å². The highest BCUT2D eigenvalue weighted by molar-refractivity contribution is 6.20. The number of benzene rings is 8. The number of hydrogen-bond donors (Lipinski definition) is 0. The lowest BCUT2D eigenvalue weighted by Gasteiger charge is -2.10. The predicted molar refractivity (Wildman–Crippen MR) is 223 cm³/mol. The zero-order chi connectivity index (χ0) is 35.3. The number of furan rings is 1. The maximum atomic E-state index is 6.83. The van der Waals surface area contributed by atoms with Gasteiger partial charge in [0.1, 0.15) is 11.2 Å². The Morgan fingerprint density at radius 2 is 1.08 bits per heavy atom. The summed E-state index contributed by atoms with van der Waals surface area (Å²) >= 11 is 0. The van der Waals surface area contributed by atoms with Crippen LogP contribution in [0.1, 0.15) is 30.0 Å². The molecule has 250 valence electrons. The molecule has 0 amide bonds. The van der Waals surface area contributed by atoms with E-state index in [2.05, 4.69) is 177 Å². The highest BCUT2D eigenvalue weighted by Gasteiger charge is 2.21. The third-order valence-electron chi connectivity index (χ3n) is 10.4. The standard InChI is InChI=1S/C50H34N2O/c1-32-27-45(35-15-7-3-8-16-35)51-50(52-48(32)39-24-22-34-21-23-37(28-41(34)29-39)33-13-5-2-6-14-33)40-25-26-43-44-30-38-19-11-12-20-42(38)47(36-17-9-4-10-18-36)49(44)53-46(43)31-40/h2-26,28-31H,27H2,1H3. The average Bonchev–Trinajstić information content (AvgIpc) is 3.48. The summed E-state index contributed by atoms with van der Waals surface area (Å²) in [6, 6.07) is 62.1. The molecular formula is C50H34N2O. The Balaban J connectivity index is 1.15. The normalized spacial score (nSPS) is 13.5. The van der Waals surface area contributed by atoms with E-state index in [9.17, 15) is 0 Å². The highest BCUT2D eigenvalue weighted by atomic mass is 16.3. The second-order valence-electron chi connectivity index (χ2n) is 13.8. The van der Waals surface area contributed by atoms with Gasteiger partial charge in [-0.15, -0.1) is 0 Å². The van der Waals surface area contributed by atoms with E-state index in [1.165, 1.54) is 38.2 Å². The zero-order valence-corrected chi connectivity index (χ0v) is 29.3. The zero-order valence-electron chi connectivity index (χ0n) is 29.3. The van der Waals surface area contributed by atoms with E-state index >= 15 is 0 Å². The van der Waals surface area contributed by atoms with E-state index in [-0.39, 0.29) is 0 Å². The van der Waals surface area contributed by atoms with Crippen molar-refractivity contribution in [1.82, 2.24) is 0 Å². The van der Waals surface area contributed by atoms with E-state index in [0.717, 1.165) is 61.2 Å². The average molecular weight is 679 g/mol. The molecule has 10 rings (SSSR count). The van der Waals surface area contributed by atoms with Gasteiger partial charge in [0.15, 0.2) is 5.84 Å². The van der Waals surface area contributed by atoms with Crippen LogP contribution in [0.5, 0.6) is 0 Å². The Morgan fingerprint density at radius 1 is 0.434 bits per heavy atom. The molecule has 0 aliphatic carbocycles. The molecule has 0 saturated carbocycles. The Hall–Kier alpha value is -6.84. The molecule has 9 aromatic rings. The minimum Gasteiger partial charge on any atom is -0.455 e. The minimum atomic E-state index is 0.671. The maximum absolute atomic E-state index is 6.83. The first-order valence-electron chi connectivity index (χ1n) is 18.1. The number of allylic oxidation sites excluding steroid dienone is 1. The molecule has 1 aliphatic heterocycles.